The van der Waals surface area contributed by atoms with Gasteiger partial charge >= 0.3 is 0 Å². The Balaban J connectivity index is 2.36. The number of hydrogen-bond acceptors (Lipinski definition) is 5. The number of nitrogen functional groups attached to an aromatic ring is 1. The first kappa shape index (κ1) is 17.7. The Labute approximate surface area is 142 Å². The summed E-state index contributed by atoms with van der Waals surface area (Å²) in [5.41, 5.74) is 7.43. The van der Waals surface area contributed by atoms with Crippen LogP contribution in [0.4, 0.5) is 5.95 Å². The van der Waals surface area contributed by atoms with Gasteiger partial charge in [-0.3, -0.25) is 4.79 Å². The molecular formula is C18H24N4O2. The van der Waals surface area contributed by atoms with E-state index in [1.165, 1.54) is 4.90 Å². The van der Waals surface area contributed by atoms with E-state index < -0.39 is 0 Å². The topological polar surface area (TPSA) is 81.3 Å². The van der Waals surface area contributed by atoms with Gasteiger partial charge in [0, 0.05) is 19.7 Å². The van der Waals surface area contributed by atoms with Crippen LogP contribution in [0.2, 0.25) is 0 Å². The van der Waals surface area contributed by atoms with Crippen molar-refractivity contribution in [3.63, 3.8) is 0 Å². The van der Waals surface area contributed by atoms with E-state index in [1.807, 2.05) is 24.3 Å². The lowest BCUT2D eigenvalue weighted by molar-refractivity contribution is 0.0822. The molecule has 0 aliphatic carbocycles. The van der Waals surface area contributed by atoms with Crippen LogP contribution in [-0.2, 0) is 0 Å². The number of amides is 1. The highest BCUT2D eigenvalue weighted by Crippen LogP contribution is 2.29. The molecule has 0 unspecified atom stereocenters. The maximum atomic E-state index is 12.2. The molecule has 1 heterocycles. The zero-order valence-corrected chi connectivity index (χ0v) is 14.6. The van der Waals surface area contributed by atoms with Crippen LogP contribution < -0.4 is 10.5 Å². The molecule has 1 amide bonds. The van der Waals surface area contributed by atoms with Gasteiger partial charge in [-0.1, -0.05) is 26.0 Å². The number of ether oxygens (including phenoxy) is 1. The molecule has 0 saturated carbocycles. The molecule has 0 aliphatic heterocycles. The average Bonchev–Trinajstić information content (AvgIpc) is 2.53. The average molecular weight is 328 g/mol. The summed E-state index contributed by atoms with van der Waals surface area (Å²) in [4.78, 5) is 21.9. The van der Waals surface area contributed by atoms with Gasteiger partial charge < -0.3 is 15.4 Å². The van der Waals surface area contributed by atoms with Crippen LogP contribution in [0.5, 0.6) is 5.75 Å². The van der Waals surface area contributed by atoms with Gasteiger partial charge in [0.1, 0.15) is 11.4 Å². The molecule has 2 N–H and O–H groups in total. The predicted molar refractivity (Wildman–Crippen MR) is 94.8 cm³/mol. The van der Waals surface area contributed by atoms with E-state index in [0.29, 0.717) is 18.2 Å². The standard InChI is InChI=1S/C18H24N4O2/c1-12(2)9-10-24-16-8-6-5-7-13(16)14-11-15(17(23)22(3)4)21-18(19)20-14/h5-8,11-12H,9-10H2,1-4H3,(H2,19,20,21). The smallest absolute Gasteiger partial charge is 0.272 e. The largest absolute Gasteiger partial charge is 0.493 e. The Morgan fingerprint density at radius 3 is 2.62 bits per heavy atom. The van der Waals surface area contributed by atoms with Crippen molar-refractivity contribution in [2.45, 2.75) is 20.3 Å². The molecule has 0 bridgehead atoms. The minimum atomic E-state index is -0.219. The molecule has 2 aromatic rings. The van der Waals surface area contributed by atoms with Crippen molar-refractivity contribution >= 4 is 11.9 Å². The molecule has 0 radical (unpaired) electrons. The highest BCUT2D eigenvalue weighted by molar-refractivity contribution is 5.93. The number of hydrogen-bond donors (Lipinski definition) is 1. The van der Waals surface area contributed by atoms with Crippen LogP contribution in [0, 0.1) is 5.92 Å². The predicted octanol–water partition coefficient (Wildman–Crippen LogP) is 2.85. The quantitative estimate of drug-likeness (QED) is 0.882. The summed E-state index contributed by atoms with van der Waals surface area (Å²) < 4.78 is 5.89. The zero-order chi connectivity index (χ0) is 17.7. The van der Waals surface area contributed by atoms with Gasteiger partial charge in [0.25, 0.3) is 5.91 Å². The van der Waals surface area contributed by atoms with Gasteiger partial charge in [0.05, 0.1) is 12.3 Å². The highest BCUT2D eigenvalue weighted by atomic mass is 16.5. The summed E-state index contributed by atoms with van der Waals surface area (Å²) in [5.74, 6) is 1.13. The fraction of sp³-hybridized carbons (Fsp3) is 0.389. The van der Waals surface area contributed by atoms with E-state index >= 15 is 0 Å². The highest BCUT2D eigenvalue weighted by Gasteiger charge is 2.15. The number of rotatable bonds is 6. The van der Waals surface area contributed by atoms with E-state index in [2.05, 4.69) is 23.8 Å². The Bertz CT molecular complexity index is 714. The summed E-state index contributed by atoms with van der Waals surface area (Å²) >= 11 is 0. The second kappa shape index (κ2) is 7.77. The molecule has 0 fully saturated rings. The van der Waals surface area contributed by atoms with Crippen molar-refractivity contribution in [1.82, 2.24) is 14.9 Å². The van der Waals surface area contributed by atoms with E-state index in [1.54, 1.807) is 20.2 Å². The lowest BCUT2D eigenvalue weighted by Gasteiger charge is -2.14. The molecule has 24 heavy (non-hydrogen) atoms. The fourth-order valence-corrected chi connectivity index (χ4v) is 2.15. The van der Waals surface area contributed by atoms with Crippen molar-refractivity contribution in [2.24, 2.45) is 5.92 Å². The summed E-state index contributed by atoms with van der Waals surface area (Å²) in [7, 11) is 3.34. The third kappa shape index (κ3) is 4.44. The molecule has 0 spiro atoms. The number of nitrogens with zero attached hydrogens (tertiary/aromatic N) is 3. The zero-order valence-electron chi connectivity index (χ0n) is 14.6. The molecule has 6 heteroatoms. The number of carbonyl (C=O) groups excluding carboxylic acids is 1. The van der Waals surface area contributed by atoms with Crippen molar-refractivity contribution in [3.8, 4) is 17.0 Å². The molecule has 2 rings (SSSR count). The van der Waals surface area contributed by atoms with Crippen LogP contribution in [0.25, 0.3) is 11.3 Å². The second-order valence-corrected chi connectivity index (χ2v) is 6.22. The molecule has 0 atom stereocenters. The first-order valence-electron chi connectivity index (χ1n) is 7.97. The lowest BCUT2D eigenvalue weighted by Crippen LogP contribution is -2.23. The first-order valence-corrected chi connectivity index (χ1v) is 7.97. The molecular weight excluding hydrogens is 304 g/mol. The minimum Gasteiger partial charge on any atom is -0.493 e. The molecule has 1 aromatic carbocycles. The number of nitrogens with two attached hydrogens (primary N) is 1. The summed E-state index contributed by atoms with van der Waals surface area (Å²) in [6.45, 7) is 4.93. The van der Waals surface area contributed by atoms with Gasteiger partial charge in [-0.25, -0.2) is 9.97 Å². The number of carbonyl (C=O) groups is 1. The van der Waals surface area contributed by atoms with Gasteiger partial charge in [0.15, 0.2) is 0 Å². The first-order chi connectivity index (χ1) is 11.4. The van der Waals surface area contributed by atoms with Gasteiger partial charge in [0.2, 0.25) is 5.95 Å². The molecule has 0 saturated heterocycles. The Morgan fingerprint density at radius 1 is 1.25 bits per heavy atom. The van der Waals surface area contributed by atoms with Crippen LogP contribution >= 0.6 is 0 Å². The molecule has 0 aliphatic rings. The van der Waals surface area contributed by atoms with Crippen LogP contribution in [0.15, 0.2) is 30.3 Å². The van der Waals surface area contributed by atoms with Gasteiger partial charge in [-0.15, -0.1) is 0 Å². The number of benzene rings is 1. The van der Waals surface area contributed by atoms with Crippen molar-refractivity contribution in [1.29, 1.82) is 0 Å². The Kier molecular flexibility index (Phi) is 5.73. The monoisotopic (exact) mass is 328 g/mol. The van der Waals surface area contributed by atoms with Crippen LogP contribution in [-0.4, -0.2) is 41.5 Å². The van der Waals surface area contributed by atoms with Crippen molar-refractivity contribution in [3.05, 3.63) is 36.0 Å². The molecule has 128 valence electrons. The van der Waals surface area contributed by atoms with Crippen LogP contribution in [0.3, 0.4) is 0 Å². The second-order valence-electron chi connectivity index (χ2n) is 6.22. The maximum absolute atomic E-state index is 12.2. The third-order valence-corrected chi connectivity index (χ3v) is 3.48. The SMILES string of the molecule is CC(C)CCOc1ccccc1-c1cc(C(=O)N(C)C)nc(N)n1. The lowest BCUT2D eigenvalue weighted by atomic mass is 10.1. The van der Waals surface area contributed by atoms with Gasteiger partial charge in [-0.05, 0) is 30.5 Å². The summed E-state index contributed by atoms with van der Waals surface area (Å²) in [6.07, 6.45) is 0.963. The minimum absolute atomic E-state index is 0.0645. The number of anilines is 1. The van der Waals surface area contributed by atoms with E-state index in [4.69, 9.17) is 10.5 Å². The summed E-state index contributed by atoms with van der Waals surface area (Å²) in [5, 5.41) is 0. The number of para-hydroxylation sites is 1. The normalized spacial score (nSPS) is 10.7. The fourth-order valence-electron chi connectivity index (χ4n) is 2.15. The van der Waals surface area contributed by atoms with E-state index in [-0.39, 0.29) is 17.5 Å². The van der Waals surface area contributed by atoms with Gasteiger partial charge in [-0.2, -0.15) is 0 Å². The van der Waals surface area contributed by atoms with Crippen LogP contribution in [0.1, 0.15) is 30.8 Å². The maximum Gasteiger partial charge on any atom is 0.272 e. The Morgan fingerprint density at radius 2 is 1.96 bits per heavy atom. The van der Waals surface area contributed by atoms with E-state index in [9.17, 15) is 4.79 Å². The van der Waals surface area contributed by atoms with Crippen molar-refractivity contribution < 1.29 is 9.53 Å². The summed E-state index contributed by atoms with van der Waals surface area (Å²) in [6, 6.07) is 9.24. The van der Waals surface area contributed by atoms with E-state index in [0.717, 1.165) is 17.7 Å². The molecule has 1 aromatic heterocycles. The number of aromatic nitrogens is 2. The van der Waals surface area contributed by atoms with Crippen molar-refractivity contribution in [2.75, 3.05) is 26.4 Å². The molecule has 6 nitrogen and oxygen atoms in total. The Hall–Kier alpha value is -2.63. The third-order valence-electron chi connectivity index (χ3n) is 3.48.